The standard InChI is InChI=1S/C20H28N4O8/c1-10(2)17(20(31)32)24-19(30)14(8-16(27)28)23-18(29)13(22-15(26)9-21)7-11-3-5-12(25)6-4-11/h3-6,10,13-14,17,25H,7-9,21H2,1-2H3,(H,22,26)(H,23,29)(H,24,30)(H,27,28)(H,31,32). The van der Waals surface area contributed by atoms with Crippen LogP contribution >= 0.6 is 0 Å². The summed E-state index contributed by atoms with van der Waals surface area (Å²) >= 11 is 0. The zero-order valence-electron chi connectivity index (χ0n) is 17.7. The minimum absolute atomic E-state index is 0.00271. The Bertz CT molecular complexity index is 841. The largest absolute Gasteiger partial charge is 0.508 e. The van der Waals surface area contributed by atoms with E-state index in [0.717, 1.165) is 0 Å². The molecule has 3 atom stereocenters. The molecule has 0 aliphatic heterocycles. The second-order valence-corrected chi connectivity index (χ2v) is 7.42. The number of aromatic hydroxyl groups is 1. The van der Waals surface area contributed by atoms with Crippen LogP contribution in [0.2, 0.25) is 0 Å². The van der Waals surface area contributed by atoms with Crippen molar-refractivity contribution in [1.29, 1.82) is 0 Å². The number of nitrogens with two attached hydrogens (primary N) is 1. The van der Waals surface area contributed by atoms with Gasteiger partial charge in [0.2, 0.25) is 17.7 Å². The first-order valence-corrected chi connectivity index (χ1v) is 9.77. The van der Waals surface area contributed by atoms with Gasteiger partial charge in [0.05, 0.1) is 13.0 Å². The van der Waals surface area contributed by atoms with Gasteiger partial charge in [0.25, 0.3) is 0 Å². The van der Waals surface area contributed by atoms with E-state index < -0.39 is 66.7 Å². The van der Waals surface area contributed by atoms with Crippen molar-refractivity contribution in [3.05, 3.63) is 29.8 Å². The number of phenols is 1. The van der Waals surface area contributed by atoms with Crippen molar-refractivity contribution in [2.75, 3.05) is 6.54 Å². The third kappa shape index (κ3) is 8.60. The van der Waals surface area contributed by atoms with Gasteiger partial charge in [0.15, 0.2) is 0 Å². The van der Waals surface area contributed by atoms with Gasteiger partial charge in [-0.1, -0.05) is 26.0 Å². The summed E-state index contributed by atoms with van der Waals surface area (Å²) in [5, 5.41) is 34.6. The van der Waals surface area contributed by atoms with Crippen molar-refractivity contribution in [3.8, 4) is 5.75 Å². The molecule has 12 nitrogen and oxygen atoms in total. The molecule has 1 aromatic carbocycles. The number of carboxylic acids is 2. The molecular weight excluding hydrogens is 424 g/mol. The van der Waals surface area contributed by atoms with E-state index >= 15 is 0 Å². The Kier molecular flexibility index (Phi) is 10.1. The average molecular weight is 452 g/mol. The molecule has 176 valence electrons. The number of benzene rings is 1. The fraction of sp³-hybridized carbons (Fsp3) is 0.450. The fourth-order valence-electron chi connectivity index (χ4n) is 2.75. The summed E-state index contributed by atoms with van der Waals surface area (Å²) < 4.78 is 0. The van der Waals surface area contributed by atoms with Gasteiger partial charge >= 0.3 is 11.9 Å². The number of hydrogen-bond donors (Lipinski definition) is 7. The lowest BCUT2D eigenvalue weighted by molar-refractivity contribution is -0.144. The molecule has 0 aliphatic rings. The third-order valence-electron chi connectivity index (χ3n) is 4.46. The predicted molar refractivity (Wildman–Crippen MR) is 111 cm³/mol. The number of nitrogens with one attached hydrogen (secondary N) is 3. The number of aliphatic carboxylic acids is 2. The molecule has 0 spiro atoms. The molecule has 0 radical (unpaired) electrons. The van der Waals surface area contributed by atoms with E-state index in [9.17, 15) is 34.2 Å². The van der Waals surface area contributed by atoms with Crippen LogP contribution in [0.5, 0.6) is 5.75 Å². The van der Waals surface area contributed by atoms with Crippen molar-refractivity contribution in [1.82, 2.24) is 16.0 Å². The Labute approximate surface area is 184 Å². The molecule has 0 saturated carbocycles. The summed E-state index contributed by atoms with van der Waals surface area (Å²) in [5.74, 6) is -5.72. The third-order valence-corrected chi connectivity index (χ3v) is 4.46. The van der Waals surface area contributed by atoms with Gasteiger partial charge in [-0.25, -0.2) is 4.79 Å². The lowest BCUT2D eigenvalue weighted by Crippen LogP contribution is -2.57. The van der Waals surface area contributed by atoms with E-state index in [1.54, 1.807) is 13.8 Å². The van der Waals surface area contributed by atoms with Crippen LogP contribution in [0.25, 0.3) is 0 Å². The lowest BCUT2D eigenvalue weighted by Gasteiger charge is -2.25. The second-order valence-electron chi connectivity index (χ2n) is 7.42. The molecule has 1 aromatic rings. The maximum atomic E-state index is 12.8. The van der Waals surface area contributed by atoms with E-state index in [0.29, 0.717) is 5.56 Å². The van der Waals surface area contributed by atoms with Crippen molar-refractivity contribution >= 4 is 29.7 Å². The number of hydrogen-bond acceptors (Lipinski definition) is 7. The van der Waals surface area contributed by atoms with Gasteiger partial charge in [-0.15, -0.1) is 0 Å². The minimum Gasteiger partial charge on any atom is -0.508 e. The second kappa shape index (κ2) is 12.2. The highest BCUT2D eigenvalue weighted by atomic mass is 16.4. The van der Waals surface area contributed by atoms with Gasteiger partial charge in [-0.05, 0) is 23.6 Å². The maximum absolute atomic E-state index is 12.8. The number of rotatable bonds is 12. The molecule has 0 aliphatic carbocycles. The number of carbonyl (C=O) groups excluding carboxylic acids is 3. The van der Waals surface area contributed by atoms with Crippen molar-refractivity contribution in [2.45, 2.75) is 44.8 Å². The normalized spacial score (nSPS) is 13.5. The predicted octanol–water partition coefficient (Wildman–Crippen LogP) is -1.44. The van der Waals surface area contributed by atoms with Crippen LogP contribution in [0, 0.1) is 5.92 Å². The summed E-state index contributed by atoms with van der Waals surface area (Å²) in [4.78, 5) is 59.7. The Hall–Kier alpha value is -3.67. The minimum atomic E-state index is -1.59. The first-order chi connectivity index (χ1) is 14.9. The molecule has 0 saturated heterocycles. The van der Waals surface area contributed by atoms with Crippen LogP contribution in [-0.4, -0.2) is 69.7 Å². The lowest BCUT2D eigenvalue weighted by atomic mass is 10.0. The van der Waals surface area contributed by atoms with Crippen LogP contribution in [0.1, 0.15) is 25.8 Å². The van der Waals surface area contributed by atoms with Gasteiger partial charge in [0, 0.05) is 6.42 Å². The topological polar surface area (TPSA) is 208 Å². The van der Waals surface area contributed by atoms with Gasteiger partial charge in [-0.3, -0.25) is 19.2 Å². The smallest absolute Gasteiger partial charge is 0.326 e. The van der Waals surface area contributed by atoms with Crippen LogP contribution in [0.3, 0.4) is 0 Å². The number of carbonyl (C=O) groups is 5. The van der Waals surface area contributed by atoms with E-state index in [2.05, 4.69) is 16.0 Å². The molecule has 0 aromatic heterocycles. The molecule has 0 fully saturated rings. The monoisotopic (exact) mass is 452 g/mol. The summed E-state index contributed by atoms with van der Waals surface area (Å²) in [7, 11) is 0. The molecular formula is C20H28N4O8. The van der Waals surface area contributed by atoms with Gasteiger partial charge < -0.3 is 37.0 Å². The van der Waals surface area contributed by atoms with Crippen LogP contribution in [-0.2, 0) is 30.4 Å². The van der Waals surface area contributed by atoms with Crippen molar-refractivity contribution in [3.63, 3.8) is 0 Å². The molecule has 0 bridgehead atoms. The highest BCUT2D eigenvalue weighted by Crippen LogP contribution is 2.12. The summed E-state index contributed by atoms with van der Waals surface area (Å²) in [5.41, 5.74) is 5.85. The SMILES string of the molecule is CC(C)C(NC(=O)C(CC(=O)O)NC(=O)C(Cc1ccc(O)cc1)NC(=O)CN)C(=O)O. The van der Waals surface area contributed by atoms with Gasteiger partial charge in [0.1, 0.15) is 23.9 Å². The van der Waals surface area contributed by atoms with Crippen LogP contribution in [0.4, 0.5) is 0 Å². The first-order valence-electron chi connectivity index (χ1n) is 9.77. The number of amides is 3. The molecule has 1 rings (SSSR count). The molecule has 12 heteroatoms. The van der Waals surface area contributed by atoms with E-state index in [1.807, 2.05) is 0 Å². The molecule has 3 amide bonds. The number of phenolic OH excluding ortho intramolecular Hbond substituents is 1. The van der Waals surface area contributed by atoms with E-state index in [4.69, 9.17) is 10.8 Å². The van der Waals surface area contributed by atoms with Crippen LogP contribution in [0.15, 0.2) is 24.3 Å². The van der Waals surface area contributed by atoms with Crippen molar-refractivity contribution < 1.29 is 39.3 Å². The average Bonchev–Trinajstić information content (AvgIpc) is 2.71. The Morgan fingerprint density at radius 1 is 0.906 bits per heavy atom. The van der Waals surface area contributed by atoms with Crippen molar-refractivity contribution in [2.24, 2.45) is 11.7 Å². The van der Waals surface area contributed by atoms with E-state index in [-0.39, 0.29) is 12.2 Å². The fourth-order valence-corrected chi connectivity index (χ4v) is 2.75. The molecule has 3 unspecified atom stereocenters. The maximum Gasteiger partial charge on any atom is 0.326 e. The zero-order chi connectivity index (χ0) is 24.4. The molecule has 32 heavy (non-hydrogen) atoms. The Morgan fingerprint density at radius 2 is 1.47 bits per heavy atom. The molecule has 8 N–H and O–H groups in total. The van der Waals surface area contributed by atoms with E-state index in [1.165, 1.54) is 24.3 Å². The Balaban J connectivity index is 3.06. The zero-order valence-corrected chi connectivity index (χ0v) is 17.7. The summed E-state index contributed by atoms with van der Waals surface area (Å²) in [6.07, 6.45) is -0.845. The first kappa shape index (κ1) is 26.4. The summed E-state index contributed by atoms with van der Waals surface area (Å²) in [6.45, 7) is 2.70. The highest BCUT2D eigenvalue weighted by Gasteiger charge is 2.32. The Morgan fingerprint density at radius 3 is 1.94 bits per heavy atom. The number of carboxylic acid groups (broad SMARTS) is 2. The quantitative estimate of drug-likeness (QED) is 0.198. The van der Waals surface area contributed by atoms with Gasteiger partial charge in [-0.2, -0.15) is 0 Å². The highest BCUT2D eigenvalue weighted by molar-refractivity contribution is 5.95. The summed E-state index contributed by atoms with van der Waals surface area (Å²) in [6, 6.07) is 1.72. The van der Waals surface area contributed by atoms with Crippen LogP contribution < -0.4 is 21.7 Å². The molecule has 0 heterocycles.